The minimum atomic E-state index is -0.324. The van der Waals surface area contributed by atoms with Gasteiger partial charge in [0.2, 0.25) is 5.95 Å². The second kappa shape index (κ2) is 9.13. The number of anilines is 1. The molecule has 1 aromatic heterocycles. The smallest absolute Gasteiger partial charge is 0.277 e. The van der Waals surface area contributed by atoms with Crippen molar-refractivity contribution in [3.63, 3.8) is 0 Å². The highest BCUT2D eigenvalue weighted by Gasteiger charge is 2.42. The van der Waals surface area contributed by atoms with Crippen molar-refractivity contribution in [1.29, 1.82) is 0 Å². The molecule has 2 aromatic rings. The van der Waals surface area contributed by atoms with E-state index >= 15 is 0 Å². The van der Waals surface area contributed by atoms with Gasteiger partial charge in [-0.2, -0.15) is 0 Å². The van der Waals surface area contributed by atoms with E-state index in [0.717, 1.165) is 0 Å². The molecular weight excluding hydrogens is 398 g/mol. The Morgan fingerprint density at radius 3 is 2.26 bits per heavy atom. The van der Waals surface area contributed by atoms with Gasteiger partial charge in [-0.1, -0.05) is 18.2 Å². The first-order valence-corrected chi connectivity index (χ1v) is 10.2. The minimum absolute atomic E-state index is 0.203. The normalized spacial score (nSPS) is 17.0. The molecule has 0 saturated carbocycles. The molecule has 2 amide bonds. The van der Waals surface area contributed by atoms with E-state index in [-0.39, 0.29) is 25.0 Å². The zero-order valence-corrected chi connectivity index (χ0v) is 17.7. The number of imide groups is 1. The van der Waals surface area contributed by atoms with Crippen molar-refractivity contribution in [2.45, 2.75) is 0 Å². The van der Waals surface area contributed by atoms with E-state index < -0.39 is 0 Å². The van der Waals surface area contributed by atoms with Gasteiger partial charge in [-0.3, -0.25) is 14.5 Å². The number of nitrogens with zero attached hydrogens (tertiary/aromatic N) is 5. The van der Waals surface area contributed by atoms with E-state index in [9.17, 15) is 9.59 Å². The fourth-order valence-electron chi connectivity index (χ4n) is 3.92. The summed E-state index contributed by atoms with van der Waals surface area (Å²) < 4.78 is 10.6. The van der Waals surface area contributed by atoms with Crippen molar-refractivity contribution >= 4 is 23.3 Å². The van der Waals surface area contributed by atoms with Gasteiger partial charge in [-0.25, -0.2) is 9.97 Å². The summed E-state index contributed by atoms with van der Waals surface area (Å²) in [5.74, 6) is 0.598. The van der Waals surface area contributed by atoms with Gasteiger partial charge in [-0.15, -0.1) is 0 Å². The summed E-state index contributed by atoms with van der Waals surface area (Å²) in [5.41, 5.74) is 1.41. The molecule has 0 aliphatic carbocycles. The summed E-state index contributed by atoms with van der Waals surface area (Å²) in [7, 11) is 3.10. The Labute approximate surface area is 180 Å². The molecule has 0 bridgehead atoms. The summed E-state index contributed by atoms with van der Waals surface area (Å²) in [6, 6.07) is 9.06. The van der Waals surface area contributed by atoms with E-state index in [1.54, 1.807) is 38.7 Å². The van der Waals surface area contributed by atoms with Crippen LogP contribution in [0.3, 0.4) is 0 Å². The number of para-hydroxylation sites is 1. The maximum Gasteiger partial charge on any atom is 0.277 e. The monoisotopic (exact) mass is 423 g/mol. The highest BCUT2D eigenvalue weighted by molar-refractivity contribution is 6.36. The summed E-state index contributed by atoms with van der Waals surface area (Å²) >= 11 is 0. The fraction of sp³-hybridized carbons (Fsp3) is 0.364. The molecule has 0 N–H and O–H groups in total. The van der Waals surface area contributed by atoms with Crippen LogP contribution in [0.5, 0.6) is 5.75 Å². The second-order valence-electron chi connectivity index (χ2n) is 7.20. The summed E-state index contributed by atoms with van der Waals surface area (Å²) in [4.78, 5) is 40.6. The predicted molar refractivity (Wildman–Crippen MR) is 114 cm³/mol. The van der Waals surface area contributed by atoms with Crippen molar-refractivity contribution in [2.75, 3.05) is 58.5 Å². The van der Waals surface area contributed by atoms with Crippen LogP contribution in [0.4, 0.5) is 5.95 Å². The zero-order chi connectivity index (χ0) is 21.8. The first-order chi connectivity index (χ1) is 15.2. The summed E-state index contributed by atoms with van der Waals surface area (Å²) in [5, 5.41) is 0. The third-order valence-electron chi connectivity index (χ3n) is 5.47. The lowest BCUT2D eigenvalue weighted by atomic mass is 10.0. The zero-order valence-electron chi connectivity index (χ0n) is 17.7. The lowest BCUT2D eigenvalue weighted by Crippen LogP contribution is -2.48. The van der Waals surface area contributed by atoms with E-state index in [1.807, 2.05) is 23.1 Å². The van der Waals surface area contributed by atoms with Gasteiger partial charge in [0.05, 0.1) is 25.8 Å². The Balaban J connectivity index is 1.67. The van der Waals surface area contributed by atoms with Crippen molar-refractivity contribution in [3.05, 3.63) is 54.0 Å². The lowest BCUT2D eigenvalue weighted by Gasteiger charge is -2.36. The Bertz CT molecular complexity index is 986. The molecule has 2 aliphatic rings. The maximum absolute atomic E-state index is 13.3. The first-order valence-electron chi connectivity index (χ1n) is 10.2. The Hall–Kier alpha value is -3.46. The number of rotatable bonds is 7. The number of amides is 2. The SMILES string of the molecule is COCCN1C(=O)C(c2ccccc2OC)=C(N2CCN(c3ncccn3)CC2)C1=O. The first kappa shape index (κ1) is 20.8. The molecule has 1 saturated heterocycles. The van der Waals surface area contributed by atoms with Crippen LogP contribution in [0.1, 0.15) is 5.56 Å². The quantitative estimate of drug-likeness (QED) is 0.611. The minimum Gasteiger partial charge on any atom is -0.496 e. The fourth-order valence-corrected chi connectivity index (χ4v) is 3.92. The molecule has 9 nitrogen and oxygen atoms in total. The van der Waals surface area contributed by atoms with Gasteiger partial charge < -0.3 is 19.3 Å². The van der Waals surface area contributed by atoms with Gasteiger partial charge in [0.15, 0.2) is 0 Å². The Morgan fingerprint density at radius 2 is 1.58 bits per heavy atom. The van der Waals surface area contributed by atoms with Gasteiger partial charge in [0, 0.05) is 51.2 Å². The average molecular weight is 423 g/mol. The standard InChI is InChI=1S/C22H25N5O4/c1-30-15-14-27-20(28)18(16-6-3-4-7-17(16)31-2)19(21(27)29)25-10-12-26(13-11-25)22-23-8-5-9-24-22/h3-9H,10-15H2,1-2H3. The number of hydrogen-bond acceptors (Lipinski definition) is 8. The number of benzene rings is 1. The van der Waals surface area contributed by atoms with Crippen molar-refractivity contribution < 1.29 is 19.1 Å². The molecule has 1 aromatic carbocycles. The highest BCUT2D eigenvalue weighted by Crippen LogP contribution is 2.36. The number of hydrogen-bond donors (Lipinski definition) is 0. The van der Waals surface area contributed by atoms with Crippen LogP contribution in [0, 0.1) is 0 Å². The van der Waals surface area contributed by atoms with Gasteiger partial charge in [0.1, 0.15) is 11.4 Å². The van der Waals surface area contributed by atoms with E-state index in [0.29, 0.717) is 54.7 Å². The van der Waals surface area contributed by atoms with E-state index in [2.05, 4.69) is 14.9 Å². The lowest BCUT2D eigenvalue weighted by molar-refractivity contribution is -0.138. The topological polar surface area (TPSA) is 88.1 Å². The molecule has 0 atom stereocenters. The number of carbonyl (C=O) groups excluding carboxylic acids is 2. The van der Waals surface area contributed by atoms with Crippen molar-refractivity contribution in [3.8, 4) is 5.75 Å². The third-order valence-corrected chi connectivity index (χ3v) is 5.47. The highest BCUT2D eigenvalue weighted by atomic mass is 16.5. The van der Waals surface area contributed by atoms with Crippen LogP contribution in [0.2, 0.25) is 0 Å². The van der Waals surface area contributed by atoms with Crippen molar-refractivity contribution in [2.24, 2.45) is 0 Å². The number of piperazine rings is 1. The second-order valence-corrected chi connectivity index (χ2v) is 7.20. The summed E-state index contributed by atoms with van der Waals surface area (Å²) in [6.07, 6.45) is 3.42. The molecule has 0 spiro atoms. The average Bonchev–Trinajstić information content (AvgIpc) is 3.07. The molecule has 0 unspecified atom stereocenters. The van der Waals surface area contributed by atoms with Gasteiger partial charge >= 0.3 is 0 Å². The maximum atomic E-state index is 13.3. The van der Waals surface area contributed by atoms with Gasteiger partial charge in [0.25, 0.3) is 11.8 Å². The van der Waals surface area contributed by atoms with Crippen molar-refractivity contribution in [1.82, 2.24) is 19.8 Å². The molecule has 0 radical (unpaired) electrons. The van der Waals surface area contributed by atoms with Crippen LogP contribution >= 0.6 is 0 Å². The summed E-state index contributed by atoms with van der Waals surface area (Å²) in [6.45, 7) is 2.92. The molecule has 4 rings (SSSR count). The number of ether oxygens (including phenoxy) is 2. The molecule has 3 heterocycles. The molecule has 31 heavy (non-hydrogen) atoms. The molecule has 2 aliphatic heterocycles. The van der Waals surface area contributed by atoms with Gasteiger partial charge in [-0.05, 0) is 12.1 Å². The molecule has 9 heteroatoms. The third kappa shape index (κ3) is 3.96. The van der Waals surface area contributed by atoms with Crippen LogP contribution < -0.4 is 9.64 Å². The molecule has 162 valence electrons. The number of aromatic nitrogens is 2. The van der Waals surface area contributed by atoms with E-state index in [1.165, 1.54) is 4.90 Å². The van der Waals surface area contributed by atoms with Crippen LogP contribution in [0.15, 0.2) is 48.4 Å². The molecular formula is C22H25N5O4. The van der Waals surface area contributed by atoms with Crippen LogP contribution in [-0.2, 0) is 14.3 Å². The Kier molecular flexibility index (Phi) is 6.13. The largest absolute Gasteiger partial charge is 0.496 e. The number of carbonyl (C=O) groups is 2. The van der Waals surface area contributed by atoms with Crippen LogP contribution in [0.25, 0.3) is 5.57 Å². The van der Waals surface area contributed by atoms with Crippen LogP contribution in [-0.4, -0.2) is 85.1 Å². The Morgan fingerprint density at radius 1 is 0.903 bits per heavy atom. The predicted octanol–water partition coefficient (Wildman–Crippen LogP) is 1.03. The number of methoxy groups -OCH3 is 2. The molecule has 1 fully saturated rings. The van der Waals surface area contributed by atoms with E-state index in [4.69, 9.17) is 9.47 Å².